The SMILES string of the molecule is O=S(=O)(O)OS(=O)(=O)O.[Ti]. The van der Waals surface area contributed by atoms with E-state index in [1.807, 2.05) is 0 Å². The summed E-state index contributed by atoms with van der Waals surface area (Å²) in [5.41, 5.74) is 0. The van der Waals surface area contributed by atoms with Crippen LogP contribution in [0.5, 0.6) is 0 Å². The van der Waals surface area contributed by atoms with E-state index in [2.05, 4.69) is 3.63 Å². The van der Waals surface area contributed by atoms with Gasteiger partial charge in [0.2, 0.25) is 0 Å². The molecular weight excluding hydrogens is 224 g/mol. The van der Waals surface area contributed by atoms with Crippen LogP contribution in [0, 0.1) is 0 Å². The van der Waals surface area contributed by atoms with Crippen LogP contribution in [0.15, 0.2) is 0 Å². The molecule has 10 heavy (non-hydrogen) atoms. The first-order valence-electron chi connectivity index (χ1n) is 1.37. The molecule has 0 unspecified atom stereocenters. The molecule has 0 aromatic heterocycles. The van der Waals surface area contributed by atoms with E-state index < -0.39 is 20.8 Å². The van der Waals surface area contributed by atoms with Gasteiger partial charge in [0.15, 0.2) is 0 Å². The fraction of sp³-hybridized carbons (Fsp3) is 0. The van der Waals surface area contributed by atoms with Crippen molar-refractivity contribution in [1.82, 2.24) is 0 Å². The molecule has 60 valence electrons. The van der Waals surface area contributed by atoms with Gasteiger partial charge in [-0.25, -0.2) is 0 Å². The van der Waals surface area contributed by atoms with Crippen LogP contribution >= 0.6 is 0 Å². The summed E-state index contributed by atoms with van der Waals surface area (Å²) < 4.78 is 55.6. The zero-order chi connectivity index (χ0) is 7.71. The normalized spacial score (nSPS) is 12.2. The van der Waals surface area contributed by atoms with Gasteiger partial charge >= 0.3 is 20.8 Å². The zero-order valence-corrected chi connectivity index (χ0v) is 7.45. The monoisotopic (exact) mass is 226 g/mol. The molecule has 0 atom stereocenters. The molecular formula is H2O7S2Ti. The van der Waals surface area contributed by atoms with Crippen LogP contribution in [0.4, 0.5) is 0 Å². The Hall–Kier alpha value is 0.494. The molecule has 0 aliphatic rings. The average Bonchev–Trinajstić information content (AvgIpc) is 1.14. The molecule has 0 heterocycles. The second-order valence-corrected chi connectivity index (χ2v) is 3.18. The van der Waals surface area contributed by atoms with Crippen LogP contribution in [0.3, 0.4) is 0 Å². The van der Waals surface area contributed by atoms with E-state index in [1.54, 1.807) is 0 Å². The first-order chi connectivity index (χ1) is 3.71. The maximum absolute atomic E-state index is 9.44. The van der Waals surface area contributed by atoms with Crippen molar-refractivity contribution in [2.75, 3.05) is 0 Å². The Bertz CT molecular complexity index is 237. The molecule has 10 heteroatoms. The third-order valence-corrected chi connectivity index (χ3v) is 1.55. The Morgan fingerprint density at radius 1 is 0.900 bits per heavy atom. The van der Waals surface area contributed by atoms with E-state index in [-0.39, 0.29) is 21.7 Å². The number of hydrogen-bond acceptors (Lipinski definition) is 5. The first kappa shape index (κ1) is 13.1. The maximum Gasteiger partial charge on any atom is 0.413 e. The molecule has 0 radical (unpaired) electrons. The Morgan fingerprint density at radius 3 is 1.10 bits per heavy atom. The van der Waals surface area contributed by atoms with Crippen molar-refractivity contribution in [3.63, 3.8) is 0 Å². The third kappa shape index (κ3) is 11.3. The van der Waals surface area contributed by atoms with Crippen molar-refractivity contribution in [1.29, 1.82) is 0 Å². The van der Waals surface area contributed by atoms with Crippen molar-refractivity contribution in [2.45, 2.75) is 0 Å². The minimum atomic E-state index is -5.12. The van der Waals surface area contributed by atoms with Gasteiger partial charge in [-0.3, -0.25) is 9.11 Å². The smallest absolute Gasteiger partial charge is 0.263 e. The predicted octanol–water partition coefficient (Wildman–Crippen LogP) is -1.39. The summed E-state index contributed by atoms with van der Waals surface area (Å²) in [4.78, 5) is 0. The molecule has 0 rings (SSSR count). The second kappa shape index (κ2) is 3.76. The van der Waals surface area contributed by atoms with Gasteiger partial charge in [0.25, 0.3) is 0 Å². The molecule has 0 saturated heterocycles. The van der Waals surface area contributed by atoms with Crippen molar-refractivity contribution >= 4 is 20.8 Å². The van der Waals surface area contributed by atoms with Gasteiger partial charge in [0.05, 0.1) is 0 Å². The van der Waals surface area contributed by atoms with Gasteiger partial charge in [-0.15, -0.1) is 3.63 Å². The van der Waals surface area contributed by atoms with Gasteiger partial charge in [0.1, 0.15) is 0 Å². The summed E-state index contributed by atoms with van der Waals surface area (Å²) in [7, 11) is -10.2. The molecule has 7 nitrogen and oxygen atoms in total. The Balaban J connectivity index is 0. The Morgan fingerprint density at radius 2 is 1.10 bits per heavy atom. The standard InChI is InChI=1S/H2O7S2.Ti/c1-8(2,3)7-9(4,5)6;/h(H,1,2,3)(H,4,5,6);. The van der Waals surface area contributed by atoms with Crippen molar-refractivity contribution in [3.05, 3.63) is 0 Å². The number of rotatable bonds is 2. The quantitative estimate of drug-likeness (QED) is 0.439. The van der Waals surface area contributed by atoms with Crippen LogP contribution in [0.25, 0.3) is 0 Å². The molecule has 0 aliphatic heterocycles. The minimum absolute atomic E-state index is 0. The summed E-state index contributed by atoms with van der Waals surface area (Å²) in [6, 6.07) is 0. The van der Waals surface area contributed by atoms with Crippen LogP contribution in [-0.4, -0.2) is 25.9 Å². The summed E-state index contributed by atoms with van der Waals surface area (Å²) in [6.07, 6.45) is 0. The van der Waals surface area contributed by atoms with Gasteiger partial charge in [-0.05, 0) is 0 Å². The van der Waals surface area contributed by atoms with Crippen LogP contribution in [0.2, 0.25) is 0 Å². The van der Waals surface area contributed by atoms with Crippen LogP contribution in [-0.2, 0) is 46.1 Å². The molecule has 0 aromatic rings. The fourth-order valence-corrected chi connectivity index (χ4v) is 0.978. The summed E-state index contributed by atoms with van der Waals surface area (Å²) in [5, 5.41) is 0. The van der Waals surface area contributed by atoms with E-state index in [0.717, 1.165) is 0 Å². The van der Waals surface area contributed by atoms with Crippen LogP contribution < -0.4 is 0 Å². The largest absolute Gasteiger partial charge is 0.413 e. The number of hydrogen-bond donors (Lipinski definition) is 2. The third-order valence-electron chi connectivity index (χ3n) is 0.172. The molecule has 2 N–H and O–H groups in total. The molecule has 0 spiro atoms. The maximum atomic E-state index is 9.44. The average molecular weight is 226 g/mol. The van der Waals surface area contributed by atoms with Crippen LogP contribution in [0.1, 0.15) is 0 Å². The molecule has 0 amide bonds. The van der Waals surface area contributed by atoms with E-state index >= 15 is 0 Å². The topological polar surface area (TPSA) is 118 Å². The van der Waals surface area contributed by atoms with Gasteiger partial charge in [0, 0.05) is 21.7 Å². The fourth-order valence-electron chi connectivity index (χ4n) is 0.109. The van der Waals surface area contributed by atoms with Gasteiger partial charge in [-0.1, -0.05) is 0 Å². The first-order valence-corrected chi connectivity index (χ1v) is 4.10. The van der Waals surface area contributed by atoms with E-state index in [1.165, 1.54) is 0 Å². The molecule has 0 fully saturated rings. The van der Waals surface area contributed by atoms with Crippen molar-refractivity contribution in [3.8, 4) is 0 Å². The van der Waals surface area contributed by atoms with Gasteiger partial charge in [-0.2, -0.15) is 16.8 Å². The Kier molecular flexibility index (Phi) is 4.93. The summed E-state index contributed by atoms with van der Waals surface area (Å²) >= 11 is 0. The van der Waals surface area contributed by atoms with E-state index in [0.29, 0.717) is 0 Å². The van der Waals surface area contributed by atoms with Crippen molar-refractivity contribution < 1.29 is 51.3 Å². The Labute approximate surface area is 72.2 Å². The predicted molar refractivity (Wildman–Crippen MR) is 24.2 cm³/mol. The molecule has 0 bridgehead atoms. The minimum Gasteiger partial charge on any atom is -0.263 e. The van der Waals surface area contributed by atoms with Crippen molar-refractivity contribution in [2.24, 2.45) is 0 Å². The summed E-state index contributed by atoms with van der Waals surface area (Å²) in [5.74, 6) is 0. The van der Waals surface area contributed by atoms with E-state index in [4.69, 9.17) is 9.11 Å². The molecule has 0 saturated carbocycles. The molecule has 0 aliphatic carbocycles. The zero-order valence-electron chi connectivity index (χ0n) is 4.25. The van der Waals surface area contributed by atoms with Gasteiger partial charge < -0.3 is 0 Å². The van der Waals surface area contributed by atoms with E-state index in [9.17, 15) is 16.8 Å². The summed E-state index contributed by atoms with van der Waals surface area (Å²) in [6.45, 7) is 0. The molecule has 0 aromatic carbocycles. The second-order valence-electron chi connectivity index (χ2n) is 0.924.